The lowest BCUT2D eigenvalue weighted by Crippen LogP contribution is -2.32. The molecule has 1 saturated heterocycles. The van der Waals surface area contributed by atoms with E-state index in [1.165, 1.54) is 19.1 Å². The van der Waals surface area contributed by atoms with Crippen LogP contribution in [0.5, 0.6) is 0 Å². The molecule has 2 nitrogen and oxygen atoms in total. The van der Waals surface area contributed by atoms with Gasteiger partial charge in [-0.1, -0.05) is 37.6 Å². The summed E-state index contributed by atoms with van der Waals surface area (Å²) in [6, 6.07) is 10.5. The molecule has 4 heteroatoms. The van der Waals surface area contributed by atoms with Crippen molar-refractivity contribution in [1.29, 1.82) is 0 Å². The first kappa shape index (κ1) is 19.0. The summed E-state index contributed by atoms with van der Waals surface area (Å²) >= 11 is 0. The van der Waals surface area contributed by atoms with Gasteiger partial charge >= 0.3 is 0 Å². The number of rotatable bonds is 6. The number of hydrogen-bond acceptors (Lipinski definition) is 2. The van der Waals surface area contributed by atoms with Gasteiger partial charge in [0.15, 0.2) is 6.29 Å². The van der Waals surface area contributed by atoms with Gasteiger partial charge in [0.1, 0.15) is 11.6 Å². The van der Waals surface area contributed by atoms with E-state index in [-0.39, 0.29) is 11.9 Å². The lowest BCUT2D eigenvalue weighted by atomic mass is 10.0. The van der Waals surface area contributed by atoms with E-state index in [0.717, 1.165) is 50.0 Å². The van der Waals surface area contributed by atoms with E-state index in [2.05, 4.69) is 6.92 Å². The second-order valence-corrected chi connectivity index (χ2v) is 7.05. The molecule has 2 aromatic rings. The van der Waals surface area contributed by atoms with Crippen LogP contribution in [0.4, 0.5) is 8.78 Å². The highest BCUT2D eigenvalue weighted by molar-refractivity contribution is 5.64. The smallest absolute Gasteiger partial charge is 0.157 e. The summed E-state index contributed by atoms with van der Waals surface area (Å²) in [6.45, 7) is 5.18. The molecule has 2 aromatic carbocycles. The first-order valence-corrected chi connectivity index (χ1v) is 9.35. The molecule has 0 saturated carbocycles. The maximum Gasteiger partial charge on any atom is 0.157 e. The predicted octanol–water partition coefficient (Wildman–Crippen LogP) is 5.66. The SMILES string of the molecule is CCCC1COC(CCc2ccc(-c3cc(F)c(C)c(F)c3)cc2)OC1. The number of ether oxygens (including phenoxy) is 2. The van der Waals surface area contributed by atoms with E-state index in [4.69, 9.17) is 9.47 Å². The van der Waals surface area contributed by atoms with Crippen LogP contribution < -0.4 is 0 Å². The Labute approximate surface area is 154 Å². The van der Waals surface area contributed by atoms with Crippen LogP contribution in [0, 0.1) is 24.5 Å². The summed E-state index contributed by atoms with van der Waals surface area (Å²) in [5.41, 5.74) is 2.57. The van der Waals surface area contributed by atoms with Crippen LogP contribution in [-0.2, 0) is 15.9 Å². The third-order valence-corrected chi connectivity index (χ3v) is 4.97. The van der Waals surface area contributed by atoms with Crippen LogP contribution in [-0.4, -0.2) is 19.5 Å². The van der Waals surface area contributed by atoms with Gasteiger partial charge < -0.3 is 9.47 Å². The van der Waals surface area contributed by atoms with Crippen molar-refractivity contribution in [3.63, 3.8) is 0 Å². The van der Waals surface area contributed by atoms with E-state index in [1.54, 1.807) is 0 Å². The third kappa shape index (κ3) is 4.68. The molecule has 0 amide bonds. The quantitative estimate of drug-likeness (QED) is 0.661. The minimum Gasteiger partial charge on any atom is -0.352 e. The van der Waals surface area contributed by atoms with Crippen molar-refractivity contribution >= 4 is 0 Å². The largest absolute Gasteiger partial charge is 0.352 e. The molecule has 1 heterocycles. The zero-order chi connectivity index (χ0) is 18.5. The highest BCUT2D eigenvalue weighted by Crippen LogP contribution is 2.25. The molecule has 0 bridgehead atoms. The second-order valence-electron chi connectivity index (χ2n) is 7.05. The van der Waals surface area contributed by atoms with E-state index in [1.807, 2.05) is 24.3 Å². The van der Waals surface area contributed by atoms with Gasteiger partial charge in [0, 0.05) is 17.9 Å². The molecular weight excluding hydrogens is 334 g/mol. The molecule has 0 radical (unpaired) electrons. The van der Waals surface area contributed by atoms with Gasteiger partial charge in [-0.25, -0.2) is 8.78 Å². The Hall–Kier alpha value is -1.78. The van der Waals surface area contributed by atoms with Crippen LogP contribution in [0.1, 0.15) is 37.3 Å². The Balaban J connectivity index is 1.55. The van der Waals surface area contributed by atoms with E-state index in [0.29, 0.717) is 11.5 Å². The average Bonchev–Trinajstić information content (AvgIpc) is 2.66. The predicted molar refractivity (Wildman–Crippen MR) is 98.9 cm³/mol. The first-order chi connectivity index (χ1) is 12.6. The number of aryl methyl sites for hydroxylation is 1. The maximum atomic E-state index is 13.7. The topological polar surface area (TPSA) is 18.5 Å². The highest BCUT2D eigenvalue weighted by Gasteiger charge is 2.21. The highest BCUT2D eigenvalue weighted by atomic mass is 19.1. The lowest BCUT2D eigenvalue weighted by molar-refractivity contribution is -0.203. The lowest BCUT2D eigenvalue weighted by Gasteiger charge is -2.29. The van der Waals surface area contributed by atoms with Crippen LogP contribution in [0.2, 0.25) is 0 Å². The van der Waals surface area contributed by atoms with Crippen molar-refractivity contribution in [2.45, 2.75) is 45.8 Å². The average molecular weight is 360 g/mol. The summed E-state index contributed by atoms with van der Waals surface area (Å²) in [5.74, 6) is -0.514. The minimum atomic E-state index is -0.517. The van der Waals surface area contributed by atoms with Gasteiger partial charge in [0.25, 0.3) is 0 Å². The van der Waals surface area contributed by atoms with Gasteiger partial charge in [0.2, 0.25) is 0 Å². The number of hydrogen-bond donors (Lipinski definition) is 0. The molecule has 140 valence electrons. The summed E-state index contributed by atoms with van der Waals surface area (Å²) in [4.78, 5) is 0. The summed E-state index contributed by atoms with van der Waals surface area (Å²) in [6.07, 6.45) is 3.83. The monoisotopic (exact) mass is 360 g/mol. The Bertz CT molecular complexity index is 696. The van der Waals surface area contributed by atoms with Gasteiger partial charge in [0.05, 0.1) is 13.2 Å². The molecule has 3 rings (SSSR count). The van der Waals surface area contributed by atoms with E-state index < -0.39 is 11.6 Å². The number of halogens is 2. The molecular formula is C22H26F2O2. The van der Waals surface area contributed by atoms with Crippen LogP contribution >= 0.6 is 0 Å². The van der Waals surface area contributed by atoms with E-state index >= 15 is 0 Å². The standard InChI is InChI=1S/C22H26F2O2/c1-3-4-17-13-25-22(26-14-17)10-7-16-5-8-18(9-6-16)19-11-20(23)15(2)21(24)12-19/h5-6,8-9,11-12,17,22H,3-4,7,10,13-14H2,1-2H3. The van der Waals surface area contributed by atoms with Crippen LogP contribution in [0.25, 0.3) is 11.1 Å². The fraction of sp³-hybridized carbons (Fsp3) is 0.455. The number of benzene rings is 2. The van der Waals surface area contributed by atoms with E-state index in [9.17, 15) is 8.78 Å². The summed E-state index contributed by atoms with van der Waals surface area (Å²) in [5, 5.41) is 0. The molecule has 1 aliphatic heterocycles. The summed E-state index contributed by atoms with van der Waals surface area (Å²) in [7, 11) is 0. The Morgan fingerprint density at radius 1 is 0.923 bits per heavy atom. The molecule has 0 unspecified atom stereocenters. The van der Waals surface area contributed by atoms with Gasteiger partial charge in [-0.2, -0.15) is 0 Å². The molecule has 26 heavy (non-hydrogen) atoms. The zero-order valence-electron chi connectivity index (χ0n) is 15.4. The Morgan fingerprint density at radius 3 is 2.12 bits per heavy atom. The van der Waals surface area contributed by atoms with Gasteiger partial charge in [-0.05, 0) is 48.6 Å². The zero-order valence-corrected chi connectivity index (χ0v) is 15.4. The fourth-order valence-corrected chi connectivity index (χ4v) is 3.28. The van der Waals surface area contributed by atoms with Crippen molar-refractivity contribution in [1.82, 2.24) is 0 Å². The normalized spacial score (nSPS) is 20.3. The van der Waals surface area contributed by atoms with Crippen molar-refractivity contribution in [2.75, 3.05) is 13.2 Å². The maximum absolute atomic E-state index is 13.7. The Kier molecular flexibility index (Phi) is 6.38. The summed E-state index contributed by atoms with van der Waals surface area (Å²) < 4.78 is 39.1. The minimum absolute atomic E-state index is 0.0547. The molecule has 0 aromatic heterocycles. The van der Waals surface area contributed by atoms with Crippen LogP contribution in [0.3, 0.4) is 0 Å². The molecule has 0 spiro atoms. The van der Waals surface area contributed by atoms with Crippen LogP contribution in [0.15, 0.2) is 36.4 Å². The van der Waals surface area contributed by atoms with Gasteiger partial charge in [-0.15, -0.1) is 0 Å². The molecule has 0 aliphatic carbocycles. The van der Waals surface area contributed by atoms with Crippen molar-refractivity contribution in [3.05, 3.63) is 59.2 Å². The molecule has 1 fully saturated rings. The van der Waals surface area contributed by atoms with Crippen molar-refractivity contribution < 1.29 is 18.3 Å². The van der Waals surface area contributed by atoms with Crippen molar-refractivity contribution in [2.24, 2.45) is 5.92 Å². The fourth-order valence-electron chi connectivity index (χ4n) is 3.28. The third-order valence-electron chi connectivity index (χ3n) is 4.97. The molecule has 0 atom stereocenters. The Morgan fingerprint density at radius 2 is 1.54 bits per heavy atom. The first-order valence-electron chi connectivity index (χ1n) is 9.35. The second kappa shape index (κ2) is 8.74. The molecule has 1 aliphatic rings. The molecule has 0 N–H and O–H groups in total. The van der Waals surface area contributed by atoms with Crippen molar-refractivity contribution in [3.8, 4) is 11.1 Å². The van der Waals surface area contributed by atoms with Gasteiger partial charge in [-0.3, -0.25) is 0 Å².